The molecule has 0 aliphatic carbocycles. The lowest BCUT2D eigenvalue weighted by Crippen LogP contribution is -2.38. The van der Waals surface area contributed by atoms with E-state index >= 15 is 0 Å². The smallest absolute Gasteiger partial charge is 0.326 e. The van der Waals surface area contributed by atoms with E-state index in [1.165, 1.54) is 0 Å². The minimum Gasteiger partial charge on any atom is -0.465 e. The molecule has 0 bridgehead atoms. The van der Waals surface area contributed by atoms with Crippen LogP contribution in [0.3, 0.4) is 0 Å². The zero-order valence-corrected chi connectivity index (χ0v) is 12.2. The first-order valence-electron chi connectivity index (χ1n) is 7.24. The first-order chi connectivity index (χ1) is 10.7. The Hall–Kier alpha value is -2.62. The molecule has 1 aliphatic heterocycles. The molecule has 0 spiro atoms. The van der Waals surface area contributed by atoms with Crippen molar-refractivity contribution in [2.45, 2.75) is 12.8 Å². The van der Waals surface area contributed by atoms with Gasteiger partial charge in [-0.15, -0.1) is 0 Å². The molecule has 0 N–H and O–H groups in total. The minimum absolute atomic E-state index is 0.228. The molecule has 2 aromatic carbocycles. The molecule has 22 heavy (non-hydrogen) atoms. The Morgan fingerprint density at radius 3 is 2.50 bits per heavy atom. The third kappa shape index (κ3) is 2.48. The van der Waals surface area contributed by atoms with E-state index in [-0.39, 0.29) is 6.61 Å². The van der Waals surface area contributed by atoms with Gasteiger partial charge in [-0.3, -0.25) is 9.59 Å². The molecule has 0 unspecified atom stereocenters. The van der Waals surface area contributed by atoms with Crippen LogP contribution < -0.4 is 4.74 Å². The fraction of sp³-hybridized carbons (Fsp3) is 0.222. The van der Waals surface area contributed by atoms with Gasteiger partial charge in [0.1, 0.15) is 5.75 Å². The van der Waals surface area contributed by atoms with Crippen molar-refractivity contribution in [3.8, 4) is 5.75 Å². The van der Waals surface area contributed by atoms with Crippen LogP contribution in [0.25, 0.3) is 0 Å². The van der Waals surface area contributed by atoms with Crippen molar-refractivity contribution in [3.05, 3.63) is 65.7 Å². The van der Waals surface area contributed by atoms with Crippen molar-refractivity contribution in [3.63, 3.8) is 0 Å². The first-order valence-corrected chi connectivity index (χ1v) is 7.24. The minimum atomic E-state index is -0.975. The average Bonchev–Trinajstić information content (AvgIpc) is 2.54. The zero-order chi connectivity index (χ0) is 15.5. The van der Waals surface area contributed by atoms with E-state index in [2.05, 4.69) is 0 Å². The monoisotopic (exact) mass is 296 g/mol. The highest BCUT2D eigenvalue weighted by molar-refractivity contribution is 5.99. The van der Waals surface area contributed by atoms with Crippen LogP contribution in [0.5, 0.6) is 5.75 Å². The molecule has 0 radical (unpaired) electrons. The molecule has 1 aliphatic rings. The molecule has 3 rings (SSSR count). The molecule has 1 heterocycles. The normalized spacial score (nSPS) is 20.0. The molecule has 0 saturated carbocycles. The third-order valence-electron chi connectivity index (χ3n) is 3.75. The van der Waals surface area contributed by atoms with Crippen molar-refractivity contribution in [2.75, 3.05) is 6.61 Å². The Bertz CT molecular complexity index is 693. The van der Waals surface area contributed by atoms with Crippen molar-refractivity contribution < 1.29 is 19.1 Å². The number of ether oxygens (including phenoxy) is 2. The van der Waals surface area contributed by atoms with E-state index in [4.69, 9.17) is 9.47 Å². The van der Waals surface area contributed by atoms with Crippen molar-refractivity contribution in [2.24, 2.45) is 5.92 Å². The number of hydrogen-bond acceptors (Lipinski definition) is 4. The van der Waals surface area contributed by atoms with Crippen molar-refractivity contribution in [1.82, 2.24) is 0 Å². The van der Waals surface area contributed by atoms with E-state index in [1.54, 1.807) is 19.1 Å². The van der Waals surface area contributed by atoms with Crippen LogP contribution in [-0.2, 0) is 14.3 Å². The lowest BCUT2D eigenvalue weighted by molar-refractivity contribution is -0.158. The van der Waals surface area contributed by atoms with Gasteiger partial charge < -0.3 is 9.47 Å². The molecule has 0 amide bonds. The van der Waals surface area contributed by atoms with Gasteiger partial charge in [0.2, 0.25) is 0 Å². The molecule has 0 fully saturated rings. The lowest BCUT2D eigenvalue weighted by atomic mass is 9.78. The average molecular weight is 296 g/mol. The Labute approximate surface area is 128 Å². The number of para-hydroxylation sites is 1. The molecule has 112 valence electrons. The van der Waals surface area contributed by atoms with Gasteiger partial charge in [0, 0.05) is 11.5 Å². The summed E-state index contributed by atoms with van der Waals surface area (Å²) in [5.41, 5.74) is 1.72. The molecular formula is C18H16O4. The van der Waals surface area contributed by atoms with Crippen LogP contribution in [0, 0.1) is 5.92 Å². The fourth-order valence-corrected chi connectivity index (χ4v) is 2.81. The molecular weight excluding hydrogens is 280 g/mol. The van der Waals surface area contributed by atoms with Crippen LogP contribution in [0.15, 0.2) is 54.6 Å². The quantitative estimate of drug-likeness (QED) is 0.496. The second kappa shape index (κ2) is 6.02. The van der Waals surface area contributed by atoms with Gasteiger partial charge in [-0.1, -0.05) is 48.5 Å². The summed E-state index contributed by atoms with van der Waals surface area (Å²) in [5.74, 6) is -1.97. The maximum atomic E-state index is 12.3. The van der Waals surface area contributed by atoms with Gasteiger partial charge in [-0.25, -0.2) is 0 Å². The van der Waals surface area contributed by atoms with E-state index in [9.17, 15) is 9.59 Å². The van der Waals surface area contributed by atoms with E-state index in [0.717, 1.165) is 11.1 Å². The van der Waals surface area contributed by atoms with Crippen LogP contribution in [0.2, 0.25) is 0 Å². The van der Waals surface area contributed by atoms with Crippen molar-refractivity contribution in [1.29, 1.82) is 0 Å². The van der Waals surface area contributed by atoms with Crippen LogP contribution in [0.1, 0.15) is 24.0 Å². The SMILES string of the molecule is CCOC(=O)[C@H]1C(=O)Oc2ccccc2[C@@H]1c1ccccc1. The fourth-order valence-electron chi connectivity index (χ4n) is 2.81. The molecule has 4 heteroatoms. The lowest BCUT2D eigenvalue weighted by Gasteiger charge is -2.30. The van der Waals surface area contributed by atoms with E-state index in [1.807, 2.05) is 42.5 Å². The molecule has 0 aromatic heterocycles. The van der Waals surface area contributed by atoms with Gasteiger partial charge in [-0.2, -0.15) is 0 Å². The van der Waals surface area contributed by atoms with Crippen LogP contribution in [-0.4, -0.2) is 18.5 Å². The number of fused-ring (bicyclic) bond motifs is 1. The Morgan fingerprint density at radius 2 is 1.77 bits per heavy atom. The summed E-state index contributed by atoms with van der Waals surface area (Å²) >= 11 is 0. The summed E-state index contributed by atoms with van der Waals surface area (Å²) in [6.07, 6.45) is 0. The second-order valence-electron chi connectivity index (χ2n) is 5.08. The van der Waals surface area contributed by atoms with Gasteiger partial charge in [-0.05, 0) is 18.6 Å². The van der Waals surface area contributed by atoms with Crippen LogP contribution >= 0.6 is 0 Å². The third-order valence-corrected chi connectivity index (χ3v) is 3.75. The topological polar surface area (TPSA) is 52.6 Å². The number of benzene rings is 2. The predicted molar refractivity (Wildman–Crippen MR) is 80.5 cm³/mol. The first kappa shape index (κ1) is 14.3. The summed E-state index contributed by atoms with van der Waals surface area (Å²) < 4.78 is 10.4. The number of carbonyl (C=O) groups excluding carboxylic acids is 2. The predicted octanol–water partition coefficient (Wildman–Crippen LogP) is 2.92. The van der Waals surface area contributed by atoms with Gasteiger partial charge in [0.25, 0.3) is 0 Å². The van der Waals surface area contributed by atoms with Crippen molar-refractivity contribution >= 4 is 11.9 Å². The molecule has 4 nitrogen and oxygen atoms in total. The highest BCUT2D eigenvalue weighted by atomic mass is 16.6. The number of rotatable bonds is 3. The van der Waals surface area contributed by atoms with Gasteiger partial charge in [0.15, 0.2) is 5.92 Å². The number of hydrogen-bond donors (Lipinski definition) is 0. The highest BCUT2D eigenvalue weighted by Crippen LogP contribution is 2.42. The molecule has 2 aromatic rings. The maximum Gasteiger partial charge on any atom is 0.326 e. The maximum absolute atomic E-state index is 12.3. The summed E-state index contributed by atoms with van der Waals surface area (Å²) in [5, 5.41) is 0. The van der Waals surface area contributed by atoms with Gasteiger partial charge in [0.05, 0.1) is 6.61 Å². The Morgan fingerprint density at radius 1 is 1.09 bits per heavy atom. The van der Waals surface area contributed by atoms with E-state index < -0.39 is 23.8 Å². The van der Waals surface area contributed by atoms with Crippen LogP contribution in [0.4, 0.5) is 0 Å². The number of esters is 2. The summed E-state index contributed by atoms with van der Waals surface area (Å²) in [4.78, 5) is 24.6. The zero-order valence-electron chi connectivity index (χ0n) is 12.2. The van der Waals surface area contributed by atoms with E-state index in [0.29, 0.717) is 5.75 Å². The number of carbonyl (C=O) groups is 2. The Balaban J connectivity index is 2.13. The Kier molecular flexibility index (Phi) is 3.92. The summed E-state index contributed by atoms with van der Waals surface area (Å²) in [6.45, 7) is 1.95. The van der Waals surface area contributed by atoms with Gasteiger partial charge >= 0.3 is 11.9 Å². The summed E-state index contributed by atoms with van der Waals surface area (Å²) in [6, 6.07) is 16.8. The largest absolute Gasteiger partial charge is 0.465 e. The molecule has 0 saturated heterocycles. The highest BCUT2D eigenvalue weighted by Gasteiger charge is 2.44. The summed E-state index contributed by atoms with van der Waals surface area (Å²) in [7, 11) is 0. The molecule has 2 atom stereocenters. The standard InChI is InChI=1S/C18H16O4/c1-2-21-17(19)16-15(12-8-4-3-5-9-12)13-10-6-7-11-14(13)22-18(16)20/h3-11,15-16H,2H2,1H3/t15-,16-/m0/s1. The second-order valence-corrected chi connectivity index (χ2v) is 5.08.